The number of β-amino-alcohol motifs (C(OH)–C–C–N with tert-alkyl or cyclic N) is 2. The summed E-state index contributed by atoms with van der Waals surface area (Å²) in [6.45, 7) is 5.23. The number of piperazine rings is 2. The van der Waals surface area contributed by atoms with Crippen molar-refractivity contribution in [3.05, 3.63) is 107 Å². The van der Waals surface area contributed by atoms with Crippen molar-refractivity contribution >= 4 is 103 Å². The molecule has 8 rings (SSSR count). The van der Waals surface area contributed by atoms with Gasteiger partial charge in [-0.3, -0.25) is 28.5 Å². The number of carbonyl (C=O) groups is 2. The summed E-state index contributed by atoms with van der Waals surface area (Å²) in [7, 11) is -9.90. The van der Waals surface area contributed by atoms with Crippen molar-refractivity contribution in [3.8, 4) is 0 Å². The fourth-order valence-corrected chi connectivity index (χ4v) is 9.88. The summed E-state index contributed by atoms with van der Waals surface area (Å²) >= 11 is 0. The second-order valence-corrected chi connectivity index (χ2v) is 20.9. The molecule has 0 radical (unpaired) electrons. The van der Waals surface area contributed by atoms with Crippen LogP contribution in [0, 0.1) is 0 Å². The van der Waals surface area contributed by atoms with Gasteiger partial charge in [0, 0.05) is 112 Å². The fraction of sp³-hybridized carbons (Fsp3) is 0.320. The lowest BCUT2D eigenvalue weighted by atomic mass is 10.1. The highest BCUT2D eigenvalue weighted by Crippen LogP contribution is 2.30. The topological polar surface area (TPSA) is 386 Å². The number of carbonyl (C=O) groups excluding carboxylic acids is 2. The molecule has 2 aromatic heterocycles. The molecular weight excluding hydrogens is 1080 g/mol. The number of anilines is 10. The van der Waals surface area contributed by atoms with E-state index < -0.39 is 30.0 Å². The maximum atomic E-state index is 13.0. The molecule has 12 N–H and O–H groups in total. The minimum Gasteiger partial charge on any atom is -0.395 e. The molecule has 0 unspecified atom stereocenters. The lowest BCUT2D eigenvalue weighted by Gasteiger charge is -2.34. The number of aliphatic hydroxyl groups excluding tert-OH is 4. The van der Waals surface area contributed by atoms with Gasteiger partial charge in [-0.15, -0.1) is 0 Å². The molecule has 2 saturated heterocycles. The Hall–Kier alpha value is -8.04. The molecule has 424 valence electrons. The fourth-order valence-electron chi connectivity index (χ4n) is 8.46. The van der Waals surface area contributed by atoms with Crippen molar-refractivity contribution in [2.75, 3.05) is 136 Å². The zero-order valence-corrected chi connectivity index (χ0v) is 44.6. The third kappa shape index (κ3) is 15.8. The Labute approximate surface area is 460 Å². The molecule has 6 aromatic rings. The largest absolute Gasteiger partial charge is 0.395 e. The van der Waals surface area contributed by atoms with Crippen LogP contribution in [0.1, 0.15) is 31.8 Å². The number of nitrogens with zero attached hydrogens (tertiary/aromatic N) is 10. The monoisotopic (exact) mass is 1140 g/mol. The minimum absolute atomic E-state index is 0.00340. The minimum atomic E-state index is -4.95. The van der Waals surface area contributed by atoms with E-state index in [0.717, 1.165) is 12.1 Å². The van der Waals surface area contributed by atoms with E-state index in [-0.39, 0.29) is 110 Å². The van der Waals surface area contributed by atoms with E-state index in [4.69, 9.17) is 10.2 Å². The number of hydrogen-bond donors (Lipinski definition) is 12. The summed E-state index contributed by atoms with van der Waals surface area (Å²) in [4.78, 5) is 59.2. The van der Waals surface area contributed by atoms with Gasteiger partial charge in [0.05, 0.1) is 26.4 Å². The molecule has 0 aliphatic carbocycles. The normalized spacial score (nSPS) is 14.5. The molecule has 4 aromatic carbocycles. The van der Waals surface area contributed by atoms with Crippen molar-refractivity contribution in [1.82, 2.24) is 50.3 Å². The number of aromatic nitrogens is 6. The summed E-state index contributed by atoms with van der Waals surface area (Å²) in [6, 6.07) is 20.8. The predicted molar refractivity (Wildman–Crippen MR) is 297 cm³/mol. The molecular formula is C50H60N16O12S2. The molecule has 0 spiro atoms. The third-order valence-corrected chi connectivity index (χ3v) is 14.3. The summed E-state index contributed by atoms with van der Waals surface area (Å²) in [5, 5.41) is 54.4. The first-order chi connectivity index (χ1) is 38.5. The molecule has 4 heterocycles. The molecule has 0 saturated carbocycles. The Balaban J connectivity index is 1.04. The highest BCUT2D eigenvalue weighted by molar-refractivity contribution is 7.86. The molecule has 2 amide bonds. The number of benzene rings is 4. The van der Waals surface area contributed by atoms with Crippen LogP contribution in [0.5, 0.6) is 0 Å². The zero-order chi connectivity index (χ0) is 56.8. The Kier molecular flexibility index (Phi) is 19.4. The van der Waals surface area contributed by atoms with E-state index in [1.165, 1.54) is 36.4 Å². The average molecular weight is 1140 g/mol. The SMILES string of the molecule is O=C(NCCO)c1ccc(Nc2nc(Nc3ccc(/C=C/c4ccc(Nc5nc(Nc6ccc(C(=O)NCCO)cc6)nc(N6CCN(CCO)CC6)n5)cc4S(=O)(=O)O)c(S(=O)(=O)O)c3)nc(N3CCN(CCO)CC3)n2)cc1. The summed E-state index contributed by atoms with van der Waals surface area (Å²) in [5.41, 5.74) is 1.84. The highest BCUT2D eigenvalue weighted by Gasteiger charge is 2.24. The lowest BCUT2D eigenvalue weighted by Crippen LogP contribution is -2.47. The van der Waals surface area contributed by atoms with Crippen LogP contribution < -0.4 is 41.7 Å². The Morgan fingerprint density at radius 3 is 1.09 bits per heavy atom. The van der Waals surface area contributed by atoms with Gasteiger partial charge in [0.2, 0.25) is 35.7 Å². The summed E-state index contributed by atoms with van der Waals surface area (Å²) < 4.78 is 72.8. The van der Waals surface area contributed by atoms with Gasteiger partial charge in [-0.05, 0) is 83.9 Å². The molecule has 2 aliphatic rings. The lowest BCUT2D eigenvalue weighted by molar-refractivity contribution is 0.0937. The van der Waals surface area contributed by atoms with Gasteiger partial charge < -0.3 is 62.1 Å². The molecule has 80 heavy (non-hydrogen) atoms. The van der Waals surface area contributed by atoms with Crippen molar-refractivity contribution in [3.63, 3.8) is 0 Å². The Bertz CT molecular complexity index is 3160. The van der Waals surface area contributed by atoms with Crippen LogP contribution in [0.15, 0.2) is 94.7 Å². The van der Waals surface area contributed by atoms with Crippen LogP contribution in [-0.4, -0.2) is 203 Å². The van der Waals surface area contributed by atoms with Crippen LogP contribution in [0.3, 0.4) is 0 Å². The van der Waals surface area contributed by atoms with E-state index in [0.29, 0.717) is 87.9 Å². The van der Waals surface area contributed by atoms with Gasteiger partial charge in [-0.25, -0.2) is 0 Å². The molecule has 2 fully saturated rings. The molecule has 2 aliphatic heterocycles. The molecule has 0 bridgehead atoms. The Morgan fingerprint density at radius 2 is 0.775 bits per heavy atom. The first kappa shape index (κ1) is 58.1. The van der Waals surface area contributed by atoms with E-state index >= 15 is 0 Å². The first-order valence-corrected chi connectivity index (χ1v) is 28.0. The van der Waals surface area contributed by atoms with Crippen molar-refractivity contribution in [2.45, 2.75) is 9.79 Å². The molecule has 30 heteroatoms. The standard InChI is InChI=1S/C50H60N16O12S2/c67-27-15-51-43(71)35-5-9-37(10-6-35)53-45-57-47(61-49(59-45)65-21-17-63(18-22-65)25-29-69)55-39-13-3-33(41(31-39)79(73,74)75)1-2-34-4-14-40(32-42(34)80(76,77)78)56-48-58-46(54-38-11-7-36(8-12-38)44(72)52-16-28-68)60-50(62-48)66-23-19-64(20-24-66)26-30-70/h1-14,31-32,67-70H,15-30H2,(H,51,71)(H,52,72)(H,73,74,75)(H,76,77,78)(H2,53,55,57,59,61)(H2,54,56,58,60,62)/b2-1+. The number of amides is 2. The van der Waals surface area contributed by atoms with Gasteiger partial charge in [0.25, 0.3) is 32.1 Å². The van der Waals surface area contributed by atoms with Crippen LogP contribution in [-0.2, 0) is 20.2 Å². The number of hydrogen-bond acceptors (Lipinski definition) is 24. The van der Waals surface area contributed by atoms with E-state index in [1.807, 2.05) is 9.80 Å². The van der Waals surface area contributed by atoms with E-state index in [9.17, 15) is 45.7 Å². The van der Waals surface area contributed by atoms with E-state index in [1.54, 1.807) is 48.5 Å². The second-order valence-electron chi connectivity index (χ2n) is 18.1. The van der Waals surface area contributed by atoms with Gasteiger partial charge >= 0.3 is 0 Å². The summed E-state index contributed by atoms with van der Waals surface area (Å²) in [6.07, 6.45) is 2.49. The smallest absolute Gasteiger partial charge is 0.295 e. The maximum Gasteiger partial charge on any atom is 0.295 e. The Morgan fingerprint density at radius 1 is 0.450 bits per heavy atom. The van der Waals surface area contributed by atoms with Crippen molar-refractivity contribution < 1.29 is 56.0 Å². The highest BCUT2D eigenvalue weighted by atomic mass is 32.2. The van der Waals surface area contributed by atoms with Crippen LogP contribution in [0.25, 0.3) is 12.2 Å². The summed E-state index contributed by atoms with van der Waals surface area (Å²) in [5.74, 6) is -0.0652. The maximum absolute atomic E-state index is 13.0. The van der Waals surface area contributed by atoms with Crippen LogP contribution >= 0.6 is 0 Å². The number of nitrogens with one attached hydrogen (secondary N) is 6. The quantitative estimate of drug-likeness (QED) is 0.0301. The van der Waals surface area contributed by atoms with Crippen molar-refractivity contribution in [1.29, 1.82) is 0 Å². The van der Waals surface area contributed by atoms with Gasteiger partial charge in [0.1, 0.15) is 9.79 Å². The first-order valence-electron chi connectivity index (χ1n) is 25.1. The van der Waals surface area contributed by atoms with Crippen molar-refractivity contribution in [2.24, 2.45) is 0 Å². The second kappa shape index (κ2) is 26.7. The van der Waals surface area contributed by atoms with Crippen LogP contribution in [0.2, 0.25) is 0 Å². The third-order valence-electron chi connectivity index (χ3n) is 12.5. The molecule has 0 atom stereocenters. The predicted octanol–water partition coefficient (Wildman–Crippen LogP) is 1.37. The van der Waals surface area contributed by atoms with Gasteiger partial charge in [-0.2, -0.15) is 46.7 Å². The average Bonchev–Trinajstić information content (AvgIpc) is 3.49. The van der Waals surface area contributed by atoms with E-state index in [2.05, 4.69) is 71.6 Å². The van der Waals surface area contributed by atoms with Crippen LogP contribution in [0.4, 0.5) is 58.4 Å². The van der Waals surface area contributed by atoms with Gasteiger partial charge in [0.15, 0.2) is 0 Å². The number of rotatable bonds is 24. The zero-order valence-electron chi connectivity index (χ0n) is 43.0. The number of aliphatic hydroxyl groups is 4. The molecule has 28 nitrogen and oxygen atoms in total. The van der Waals surface area contributed by atoms with Gasteiger partial charge in [-0.1, -0.05) is 24.3 Å².